The SMILES string of the molecule is O=[N+]([O-])c1ccc(N2CC[N+]3(CCCC3Br)CC2)cc1. The fraction of sp³-hybridized carbons (Fsp3) is 0.571. The topological polar surface area (TPSA) is 46.4 Å². The lowest BCUT2D eigenvalue weighted by atomic mass is 10.2. The molecular weight excluding hydrogens is 322 g/mol. The molecule has 0 bridgehead atoms. The molecule has 0 amide bonds. The van der Waals surface area contributed by atoms with Crippen LogP contribution in [0.25, 0.3) is 0 Å². The molecule has 0 N–H and O–H groups in total. The van der Waals surface area contributed by atoms with Crippen molar-refractivity contribution in [3.8, 4) is 0 Å². The van der Waals surface area contributed by atoms with Gasteiger partial charge in [0.15, 0.2) is 0 Å². The minimum atomic E-state index is -0.347. The lowest BCUT2D eigenvalue weighted by Gasteiger charge is -2.45. The molecule has 2 aliphatic heterocycles. The van der Waals surface area contributed by atoms with Crippen LogP contribution in [0.2, 0.25) is 0 Å². The Labute approximate surface area is 127 Å². The summed E-state index contributed by atoms with van der Waals surface area (Å²) in [7, 11) is 0. The van der Waals surface area contributed by atoms with Gasteiger partial charge in [-0.2, -0.15) is 0 Å². The van der Waals surface area contributed by atoms with Crippen molar-refractivity contribution in [1.82, 2.24) is 0 Å². The van der Waals surface area contributed by atoms with Gasteiger partial charge in [0.25, 0.3) is 5.69 Å². The molecule has 108 valence electrons. The van der Waals surface area contributed by atoms with E-state index in [0.29, 0.717) is 4.95 Å². The first-order valence-corrected chi connectivity index (χ1v) is 8.02. The Hall–Kier alpha value is -1.14. The van der Waals surface area contributed by atoms with Gasteiger partial charge in [-0.25, -0.2) is 0 Å². The van der Waals surface area contributed by atoms with E-state index in [-0.39, 0.29) is 10.6 Å². The average Bonchev–Trinajstić information content (AvgIpc) is 2.81. The van der Waals surface area contributed by atoms with E-state index in [1.54, 1.807) is 12.1 Å². The summed E-state index contributed by atoms with van der Waals surface area (Å²) in [5.74, 6) is 0. The zero-order valence-electron chi connectivity index (χ0n) is 11.4. The Morgan fingerprint density at radius 3 is 2.35 bits per heavy atom. The van der Waals surface area contributed by atoms with Crippen molar-refractivity contribution < 1.29 is 9.41 Å². The predicted molar refractivity (Wildman–Crippen MR) is 82.1 cm³/mol. The zero-order valence-corrected chi connectivity index (χ0v) is 13.0. The number of non-ortho nitro benzene ring substituents is 1. The first-order valence-electron chi connectivity index (χ1n) is 7.10. The number of hydrogen-bond acceptors (Lipinski definition) is 3. The third-order valence-corrected chi connectivity index (χ3v) is 6.02. The molecule has 6 heteroatoms. The Balaban J connectivity index is 1.67. The van der Waals surface area contributed by atoms with Crippen molar-refractivity contribution in [3.05, 3.63) is 34.4 Å². The van der Waals surface area contributed by atoms with Crippen molar-refractivity contribution in [3.63, 3.8) is 0 Å². The van der Waals surface area contributed by atoms with E-state index in [1.165, 1.54) is 23.9 Å². The van der Waals surface area contributed by atoms with Gasteiger partial charge in [0.1, 0.15) is 4.95 Å². The summed E-state index contributed by atoms with van der Waals surface area (Å²) in [4.78, 5) is 13.3. The summed E-state index contributed by atoms with van der Waals surface area (Å²) >= 11 is 3.84. The molecule has 20 heavy (non-hydrogen) atoms. The number of quaternary nitrogens is 1. The van der Waals surface area contributed by atoms with E-state index in [1.807, 2.05) is 12.1 Å². The normalized spacial score (nSPS) is 25.1. The molecule has 5 nitrogen and oxygen atoms in total. The maximum Gasteiger partial charge on any atom is 0.269 e. The second-order valence-electron chi connectivity index (χ2n) is 5.73. The molecule has 1 aromatic carbocycles. The van der Waals surface area contributed by atoms with E-state index in [2.05, 4.69) is 20.8 Å². The van der Waals surface area contributed by atoms with Gasteiger partial charge in [-0.15, -0.1) is 0 Å². The Kier molecular flexibility index (Phi) is 3.69. The summed E-state index contributed by atoms with van der Waals surface area (Å²) < 4.78 is 1.20. The van der Waals surface area contributed by atoms with Crippen molar-refractivity contribution in [2.75, 3.05) is 37.6 Å². The molecule has 0 aliphatic carbocycles. The first kappa shape index (κ1) is 13.8. The van der Waals surface area contributed by atoms with Gasteiger partial charge < -0.3 is 9.38 Å². The van der Waals surface area contributed by atoms with Gasteiger partial charge in [-0.1, -0.05) is 0 Å². The van der Waals surface area contributed by atoms with Crippen LogP contribution in [0.4, 0.5) is 11.4 Å². The van der Waals surface area contributed by atoms with Gasteiger partial charge in [0, 0.05) is 30.7 Å². The molecule has 1 atom stereocenters. The number of nitro groups is 1. The van der Waals surface area contributed by atoms with E-state index < -0.39 is 0 Å². The largest absolute Gasteiger partial charge is 0.360 e. The molecule has 1 aromatic rings. The van der Waals surface area contributed by atoms with Gasteiger partial charge in [0.05, 0.1) is 37.6 Å². The number of hydrogen-bond donors (Lipinski definition) is 0. The number of benzene rings is 1. The van der Waals surface area contributed by atoms with Crippen LogP contribution in [0, 0.1) is 10.1 Å². The molecule has 2 aliphatic rings. The van der Waals surface area contributed by atoms with Gasteiger partial charge in [-0.3, -0.25) is 10.1 Å². The molecule has 0 aromatic heterocycles. The fourth-order valence-corrected chi connectivity index (χ4v) is 4.34. The van der Waals surface area contributed by atoms with Gasteiger partial charge in [-0.05, 0) is 28.1 Å². The van der Waals surface area contributed by atoms with Crippen molar-refractivity contribution >= 4 is 27.3 Å². The minimum Gasteiger partial charge on any atom is -0.360 e. The Morgan fingerprint density at radius 1 is 1.20 bits per heavy atom. The second kappa shape index (κ2) is 5.33. The standard InChI is InChI=1S/C14H19BrN3O2/c15-14-2-1-9-18(14)10-7-16(8-11-18)12-3-5-13(6-4-12)17(19)20/h3-6,14H,1-2,7-11H2/q+1. The molecule has 2 fully saturated rings. The number of alkyl halides is 1. The number of nitrogens with zero attached hydrogens (tertiary/aromatic N) is 3. The lowest BCUT2D eigenvalue weighted by molar-refractivity contribution is -0.925. The average molecular weight is 341 g/mol. The zero-order chi connectivity index (χ0) is 14.2. The monoisotopic (exact) mass is 340 g/mol. The third-order valence-electron chi connectivity index (χ3n) is 4.70. The van der Waals surface area contributed by atoms with Crippen molar-refractivity contribution in [1.29, 1.82) is 0 Å². The van der Waals surface area contributed by atoms with E-state index in [4.69, 9.17) is 0 Å². The number of halogens is 1. The van der Waals surface area contributed by atoms with Crippen LogP contribution in [-0.4, -0.2) is 47.1 Å². The summed E-state index contributed by atoms with van der Waals surface area (Å²) in [6.07, 6.45) is 2.59. The molecule has 2 heterocycles. The van der Waals surface area contributed by atoms with E-state index in [9.17, 15) is 10.1 Å². The van der Waals surface area contributed by atoms with Crippen molar-refractivity contribution in [2.24, 2.45) is 0 Å². The van der Waals surface area contributed by atoms with Crippen LogP contribution >= 0.6 is 15.9 Å². The van der Waals surface area contributed by atoms with Crippen LogP contribution in [0.5, 0.6) is 0 Å². The number of anilines is 1. The molecule has 1 unspecified atom stereocenters. The smallest absolute Gasteiger partial charge is 0.269 e. The van der Waals surface area contributed by atoms with E-state index in [0.717, 1.165) is 31.9 Å². The highest BCUT2D eigenvalue weighted by atomic mass is 79.9. The second-order valence-corrected chi connectivity index (χ2v) is 6.78. The number of rotatable bonds is 2. The molecular formula is C14H19BrN3O2+. The minimum absolute atomic E-state index is 0.161. The van der Waals surface area contributed by atoms with Crippen LogP contribution in [0.15, 0.2) is 24.3 Å². The summed E-state index contributed by atoms with van der Waals surface area (Å²) in [6, 6.07) is 6.92. The first-order chi connectivity index (χ1) is 9.61. The quantitative estimate of drug-likeness (QED) is 0.273. The summed E-state index contributed by atoms with van der Waals surface area (Å²) in [6.45, 7) is 5.66. The highest BCUT2D eigenvalue weighted by Crippen LogP contribution is 2.33. The summed E-state index contributed by atoms with van der Waals surface area (Å²) in [5.41, 5.74) is 1.26. The molecule has 1 spiro atoms. The van der Waals surface area contributed by atoms with Crippen LogP contribution in [0.1, 0.15) is 12.8 Å². The van der Waals surface area contributed by atoms with E-state index >= 15 is 0 Å². The van der Waals surface area contributed by atoms with Crippen LogP contribution in [0.3, 0.4) is 0 Å². The number of piperazine rings is 1. The van der Waals surface area contributed by atoms with Gasteiger partial charge in [0.2, 0.25) is 0 Å². The highest BCUT2D eigenvalue weighted by molar-refractivity contribution is 9.09. The molecule has 0 saturated carbocycles. The molecule has 0 radical (unpaired) electrons. The van der Waals surface area contributed by atoms with Crippen LogP contribution in [-0.2, 0) is 0 Å². The van der Waals surface area contributed by atoms with Crippen LogP contribution < -0.4 is 4.90 Å². The maximum atomic E-state index is 10.7. The fourth-order valence-electron chi connectivity index (χ4n) is 3.40. The highest BCUT2D eigenvalue weighted by Gasteiger charge is 2.42. The van der Waals surface area contributed by atoms with Crippen molar-refractivity contribution in [2.45, 2.75) is 17.8 Å². The summed E-state index contributed by atoms with van der Waals surface area (Å²) in [5, 5.41) is 10.7. The lowest BCUT2D eigenvalue weighted by Crippen LogP contribution is -2.60. The predicted octanol–water partition coefficient (Wildman–Crippen LogP) is 2.75. The molecule has 2 saturated heterocycles. The molecule has 3 rings (SSSR count). The van der Waals surface area contributed by atoms with Gasteiger partial charge >= 0.3 is 0 Å². The number of nitro benzene ring substituents is 1. The Morgan fingerprint density at radius 2 is 1.85 bits per heavy atom. The third kappa shape index (κ3) is 2.42. The Bertz CT molecular complexity index is 498. The maximum absolute atomic E-state index is 10.7.